The molecule has 5 heteroatoms. The summed E-state index contributed by atoms with van der Waals surface area (Å²) < 4.78 is 8.07. The zero-order chi connectivity index (χ0) is 21.7. The van der Waals surface area contributed by atoms with Crippen molar-refractivity contribution in [1.29, 1.82) is 0 Å². The molecule has 1 aromatic heterocycles. The van der Waals surface area contributed by atoms with Gasteiger partial charge in [-0.05, 0) is 48.2 Å². The first-order valence-electron chi connectivity index (χ1n) is 10.7. The first kappa shape index (κ1) is 18.6. The van der Waals surface area contributed by atoms with E-state index in [1.165, 1.54) is 11.1 Å². The Kier molecular flexibility index (Phi) is 4.21. The van der Waals surface area contributed by atoms with Gasteiger partial charge in [-0.15, -0.1) is 0 Å². The lowest BCUT2D eigenvalue weighted by Gasteiger charge is -2.14. The Labute approximate surface area is 184 Å². The monoisotopic (exact) mass is 420 g/mol. The van der Waals surface area contributed by atoms with Crippen LogP contribution in [0.4, 0.5) is 0 Å². The van der Waals surface area contributed by atoms with Gasteiger partial charge in [0.25, 0.3) is 11.8 Å². The number of carbonyl (C=O) groups excluding carboxylic acids is 2. The van der Waals surface area contributed by atoms with Crippen LogP contribution < -0.4 is 10.1 Å². The topological polar surface area (TPSA) is 60.3 Å². The number of benzene rings is 3. The van der Waals surface area contributed by atoms with Crippen LogP contribution in [-0.4, -0.2) is 16.4 Å². The van der Waals surface area contributed by atoms with Crippen molar-refractivity contribution >= 4 is 33.9 Å². The molecular weight excluding hydrogens is 400 g/mol. The minimum Gasteiger partial charge on any atom is -0.457 e. The summed E-state index contributed by atoms with van der Waals surface area (Å²) in [6.45, 7) is 0.914. The largest absolute Gasteiger partial charge is 0.457 e. The number of hydrogen-bond donors (Lipinski definition) is 1. The maximum Gasteiger partial charge on any atom is 0.259 e. The van der Waals surface area contributed by atoms with Crippen LogP contribution in [0.3, 0.4) is 0 Å². The Morgan fingerprint density at radius 2 is 1.53 bits per heavy atom. The summed E-state index contributed by atoms with van der Waals surface area (Å²) >= 11 is 0. The second kappa shape index (κ2) is 7.24. The van der Waals surface area contributed by atoms with E-state index in [4.69, 9.17) is 4.74 Å². The third-order valence-corrected chi connectivity index (χ3v) is 6.15. The Hall–Kier alpha value is -4.12. The fourth-order valence-corrected chi connectivity index (χ4v) is 4.76. The van der Waals surface area contributed by atoms with Gasteiger partial charge in [0.2, 0.25) is 0 Å². The molecular formula is C27H20N2O3. The lowest BCUT2D eigenvalue weighted by atomic mass is 9.95. The van der Waals surface area contributed by atoms with Gasteiger partial charge in [-0.3, -0.25) is 14.9 Å². The Bertz CT molecular complexity index is 1410. The van der Waals surface area contributed by atoms with Crippen molar-refractivity contribution in [1.82, 2.24) is 9.88 Å². The third-order valence-electron chi connectivity index (χ3n) is 6.15. The average Bonchev–Trinajstić information content (AvgIpc) is 3.33. The van der Waals surface area contributed by atoms with E-state index in [2.05, 4.69) is 16.0 Å². The lowest BCUT2D eigenvalue weighted by Crippen LogP contribution is -2.22. The molecule has 6 rings (SSSR count). The van der Waals surface area contributed by atoms with Crippen molar-refractivity contribution in [3.8, 4) is 11.5 Å². The summed E-state index contributed by atoms with van der Waals surface area (Å²) in [6.07, 6.45) is 4.12. The van der Waals surface area contributed by atoms with Gasteiger partial charge in [0, 0.05) is 23.7 Å². The number of nitrogens with zero attached hydrogens (tertiary/aromatic N) is 1. The molecule has 5 nitrogen and oxygen atoms in total. The zero-order valence-corrected chi connectivity index (χ0v) is 17.3. The van der Waals surface area contributed by atoms with Crippen LogP contribution in [0.25, 0.3) is 22.0 Å². The molecule has 2 aliphatic heterocycles. The predicted octanol–water partition coefficient (Wildman–Crippen LogP) is 4.95. The molecule has 4 aromatic rings. The van der Waals surface area contributed by atoms with Crippen LogP contribution in [0.5, 0.6) is 11.5 Å². The summed E-state index contributed by atoms with van der Waals surface area (Å²) in [5, 5.41) is 3.52. The number of amides is 2. The van der Waals surface area contributed by atoms with Gasteiger partial charge in [-0.2, -0.15) is 0 Å². The van der Waals surface area contributed by atoms with E-state index in [-0.39, 0.29) is 11.8 Å². The molecule has 0 bridgehead atoms. The molecule has 32 heavy (non-hydrogen) atoms. The number of aromatic nitrogens is 1. The molecule has 0 radical (unpaired) electrons. The van der Waals surface area contributed by atoms with E-state index in [9.17, 15) is 9.59 Å². The number of imide groups is 1. The minimum atomic E-state index is -0.367. The number of carbonyl (C=O) groups is 2. The molecule has 0 saturated carbocycles. The number of hydrogen-bond acceptors (Lipinski definition) is 3. The van der Waals surface area contributed by atoms with Gasteiger partial charge < -0.3 is 9.30 Å². The SMILES string of the molecule is O=C1NC(=O)C(c2cn3c4c(cccc24)CCC3)=C1c1ccc(Oc2ccccc2)cc1. The molecule has 2 aliphatic rings. The summed E-state index contributed by atoms with van der Waals surface area (Å²) in [7, 11) is 0. The van der Waals surface area contributed by atoms with Crippen molar-refractivity contribution in [3.05, 3.63) is 95.7 Å². The molecule has 0 spiro atoms. The van der Waals surface area contributed by atoms with E-state index in [0.717, 1.165) is 36.1 Å². The average molecular weight is 420 g/mol. The first-order chi connectivity index (χ1) is 15.7. The number of nitrogens with one attached hydrogen (secondary N) is 1. The summed E-state index contributed by atoms with van der Waals surface area (Å²) in [6, 6.07) is 23.0. The van der Waals surface area contributed by atoms with Crippen LogP contribution in [-0.2, 0) is 22.6 Å². The molecule has 3 aromatic carbocycles. The molecule has 0 aliphatic carbocycles. The van der Waals surface area contributed by atoms with Gasteiger partial charge in [-0.1, -0.05) is 48.5 Å². The van der Waals surface area contributed by atoms with Crippen LogP contribution in [0, 0.1) is 0 Å². The maximum absolute atomic E-state index is 12.9. The molecule has 0 fully saturated rings. The van der Waals surface area contributed by atoms with Gasteiger partial charge in [0.15, 0.2) is 0 Å². The molecule has 1 N–H and O–H groups in total. The smallest absolute Gasteiger partial charge is 0.259 e. The quantitative estimate of drug-likeness (QED) is 0.476. The van der Waals surface area contributed by atoms with Gasteiger partial charge >= 0.3 is 0 Å². The van der Waals surface area contributed by atoms with E-state index < -0.39 is 0 Å². The molecule has 156 valence electrons. The number of rotatable bonds is 4. The number of aryl methyl sites for hydroxylation is 2. The summed E-state index contributed by atoms with van der Waals surface area (Å²) in [5.41, 5.74) is 4.80. The Balaban J connectivity index is 1.46. The van der Waals surface area contributed by atoms with Crippen LogP contribution in [0.2, 0.25) is 0 Å². The molecule has 0 unspecified atom stereocenters. The molecule has 2 amide bonds. The van der Waals surface area contributed by atoms with E-state index >= 15 is 0 Å². The van der Waals surface area contributed by atoms with Crippen LogP contribution in [0.1, 0.15) is 23.1 Å². The van der Waals surface area contributed by atoms with Crippen molar-refractivity contribution in [3.63, 3.8) is 0 Å². The van der Waals surface area contributed by atoms with E-state index in [1.807, 2.05) is 72.9 Å². The van der Waals surface area contributed by atoms with Crippen molar-refractivity contribution in [2.24, 2.45) is 0 Å². The molecule has 3 heterocycles. The number of ether oxygens (including phenoxy) is 1. The maximum atomic E-state index is 12.9. The number of para-hydroxylation sites is 2. The highest BCUT2D eigenvalue weighted by Gasteiger charge is 2.34. The van der Waals surface area contributed by atoms with Crippen molar-refractivity contribution in [2.75, 3.05) is 0 Å². The summed E-state index contributed by atoms with van der Waals surface area (Å²) in [5.74, 6) is 0.689. The van der Waals surface area contributed by atoms with Crippen molar-refractivity contribution < 1.29 is 14.3 Å². The van der Waals surface area contributed by atoms with Crippen LogP contribution >= 0.6 is 0 Å². The fraction of sp³-hybridized carbons (Fsp3) is 0.111. The molecule has 0 atom stereocenters. The van der Waals surface area contributed by atoms with Gasteiger partial charge in [0.1, 0.15) is 11.5 Å². The Morgan fingerprint density at radius 1 is 0.781 bits per heavy atom. The highest BCUT2D eigenvalue weighted by atomic mass is 16.5. The normalized spacial score (nSPS) is 15.4. The van der Waals surface area contributed by atoms with E-state index in [0.29, 0.717) is 22.5 Å². The second-order valence-electron chi connectivity index (χ2n) is 8.13. The zero-order valence-electron chi connectivity index (χ0n) is 17.3. The minimum absolute atomic E-state index is 0.349. The molecule has 0 saturated heterocycles. The highest BCUT2D eigenvalue weighted by molar-refractivity contribution is 6.50. The Morgan fingerprint density at radius 3 is 2.34 bits per heavy atom. The van der Waals surface area contributed by atoms with Gasteiger partial charge in [0.05, 0.1) is 16.7 Å². The summed E-state index contributed by atoms with van der Waals surface area (Å²) in [4.78, 5) is 25.7. The fourth-order valence-electron chi connectivity index (χ4n) is 4.76. The van der Waals surface area contributed by atoms with E-state index in [1.54, 1.807) is 0 Å². The standard InChI is InChI=1S/C27H20N2O3/c30-26-23(17-11-13-20(14-12-17)32-19-8-2-1-3-9-19)24(27(31)28-26)22-16-29-15-5-7-18-6-4-10-21(22)25(18)29/h1-4,6,8-14,16H,5,7,15H2,(H,28,30,31). The third kappa shape index (κ3) is 2.94. The van der Waals surface area contributed by atoms with Crippen LogP contribution in [0.15, 0.2) is 79.0 Å². The highest BCUT2D eigenvalue weighted by Crippen LogP contribution is 2.38. The first-order valence-corrected chi connectivity index (χ1v) is 10.7. The van der Waals surface area contributed by atoms with Gasteiger partial charge in [-0.25, -0.2) is 0 Å². The van der Waals surface area contributed by atoms with Crippen molar-refractivity contribution in [2.45, 2.75) is 19.4 Å². The predicted molar refractivity (Wildman–Crippen MR) is 123 cm³/mol. The lowest BCUT2D eigenvalue weighted by molar-refractivity contribution is -0.122. The second-order valence-corrected chi connectivity index (χ2v) is 8.13.